The summed E-state index contributed by atoms with van der Waals surface area (Å²) in [5, 5.41) is 13.7. The van der Waals surface area contributed by atoms with Gasteiger partial charge in [-0.1, -0.05) is 17.7 Å². The number of hydrogen-bond donors (Lipinski definition) is 1. The number of carbonyl (C=O) groups is 1. The van der Waals surface area contributed by atoms with E-state index in [-0.39, 0.29) is 11.7 Å². The van der Waals surface area contributed by atoms with Crippen LogP contribution in [0.25, 0.3) is 0 Å². The maximum absolute atomic E-state index is 13.2. The van der Waals surface area contributed by atoms with E-state index in [1.54, 1.807) is 17.4 Å². The second kappa shape index (κ2) is 9.44. The zero-order chi connectivity index (χ0) is 21.1. The number of nitrogens with one attached hydrogen (secondary N) is 1. The first-order valence-corrected chi connectivity index (χ1v) is 11.5. The minimum absolute atomic E-state index is 0.0693. The van der Waals surface area contributed by atoms with Gasteiger partial charge in [0.1, 0.15) is 16.9 Å². The molecule has 1 N–H and O–H groups in total. The number of thiophene rings is 1. The Morgan fingerprint density at radius 1 is 1.20 bits per heavy atom. The topological polar surface area (TPSA) is 59.4 Å². The molecular formula is C22H24ClFN4OS. The average molecular weight is 447 g/mol. The molecule has 1 aromatic carbocycles. The fourth-order valence-electron chi connectivity index (χ4n) is 4.14. The van der Waals surface area contributed by atoms with Gasteiger partial charge in [-0.15, -0.1) is 11.3 Å². The van der Waals surface area contributed by atoms with Crippen molar-refractivity contribution in [3.05, 3.63) is 50.6 Å². The molecule has 0 atom stereocenters. The first-order valence-electron chi connectivity index (χ1n) is 10.3. The maximum Gasteiger partial charge on any atom is 0.239 e. The summed E-state index contributed by atoms with van der Waals surface area (Å²) in [4.78, 5) is 18.2. The molecule has 8 heteroatoms. The number of hydrogen-bond acceptors (Lipinski definition) is 5. The van der Waals surface area contributed by atoms with Crippen molar-refractivity contribution in [1.82, 2.24) is 9.80 Å². The van der Waals surface area contributed by atoms with Crippen molar-refractivity contribution in [2.24, 2.45) is 0 Å². The highest BCUT2D eigenvalue weighted by Crippen LogP contribution is 2.37. The zero-order valence-corrected chi connectivity index (χ0v) is 18.3. The molecule has 2 aliphatic rings. The SMILES string of the molecule is N#Cc1c(NC(=O)CN2CCN(Cc3ccc(F)cc3Cl)CC2)sc2c1CCCC2. The number of piperazine rings is 1. The van der Waals surface area contributed by atoms with Crippen LogP contribution in [0, 0.1) is 17.1 Å². The summed E-state index contributed by atoms with van der Waals surface area (Å²) in [7, 11) is 0. The molecule has 1 aromatic heterocycles. The molecule has 1 fully saturated rings. The van der Waals surface area contributed by atoms with Crippen LogP contribution >= 0.6 is 22.9 Å². The van der Waals surface area contributed by atoms with Crippen molar-refractivity contribution in [1.29, 1.82) is 5.26 Å². The van der Waals surface area contributed by atoms with E-state index in [1.165, 1.54) is 17.0 Å². The Labute approximate surface area is 185 Å². The number of amides is 1. The van der Waals surface area contributed by atoms with Crippen LogP contribution in [0.5, 0.6) is 0 Å². The molecule has 1 amide bonds. The molecule has 1 aliphatic heterocycles. The smallest absolute Gasteiger partial charge is 0.239 e. The molecule has 0 radical (unpaired) electrons. The van der Waals surface area contributed by atoms with Crippen LogP contribution in [-0.4, -0.2) is 48.4 Å². The van der Waals surface area contributed by atoms with E-state index in [4.69, 9.17) is 11.6 Å². The summed E-state index contributed by atoms with van der Waals surface area (Å²) in [5.74, 6) is -0.397. The summed E-state index contributed by atoms with van der Waals surface area (Å²) in [6, 6.07) is 6.79. The monoisotopic (exact) mass is 446 g/mol. The molecule has 0 saturated carbocycles. The number of aryl methyl sites for hydroxylation is 1. The predicted octanol–water partition coefficient (Wildman–Crippen LogP) is 4.05. The van der Waals surface area contributed by atoms with E-state index in [9.17, 15) is 14.4 Å². The normalized spacial score (nSPS) is 17.4. The molecule has 1 saturated heterocycles. The average Bonchev–Trinajstić information content (AvgIpc) is 3.08. The number of fused-ring (bicyclic) bond motifs is 1. The zero-order valence-electron chi connectivity index (χ0n) is 16.7. The van der Waals surface area contributed by atoms with Crippen molar-refractivity contribution in [3.8, 4) is 6.07 Å². The summed E-state index contributed by atoms with van der Waals surface area (Å²) in [6.45, 7) is 4.18. The number of halogens is 2. The van der Waals surface area contributed by atoms with Crippen molar-refractivity contribution in [2.75, 3.05) is 38.0 Å². The highest BCUT2D eigenvalue weighted by atomic mass is 35.5. The van der Waals surface area contributed by atoms with Gasteiger partial charge in [0, 0.05) is 42.6 Å². The van der Waals surface area contributed by atoms with Gasteiger partial charge in [0.25, 0.3) is 0 Å². The second-order valence-corrected chi connectivity index (χ2v) is 9.38. The van der Waals surface area contributed by atoms with Crippen LogP contribution in [0.3, 0.4) is 0 Å². The van der Waals surface area contributed by atoms with Crippen molar-refractivity contribution in [3.63, 3.8) is 0 Å². The van der Waals surface area contributed by atoms with Gasteiger partial charge in [-0.05, 0) is 48.9 Å². The fourth-order valence-corrected chi connectivity index (χ4v) is 5.62. The molecule has 2 aromatic rings. The van der Waals surface area contributed by atoms with Gasteiger partial charge in [-0.25, -0.2) is 4.39 Å². The number of anilines is 1. The third kappa shape index (κ3) is 4.84. The molecule has 0 unspecified atom stereocenters. The molecule has 2 heterocycles. The van der Waals surface area contributed by atoms with E-state index in [2.05, 4.69) is 21.2 Å². The molecule has 5 nitrogen and oxygen atoms in total. The minimum Gasteiger partial charge on any atom is -0.315 e. The van der Waals surface area contributed by atoms with Gasteiger partial charge >= 0.3 is 0 Å². The lowest BCUT2D eigenvalue weighted by atomic mass is 9.96. The Hall–Kier alpha value is -1.98. The second-order valence-electron chi connectivity index (χ2n) is 7.86. The van der Waals surface area contributed by atoms with Crippen molar-refractivity contribution in [2.45, 2.75) is 32.2 Å². The Balaban J connectivity index is 1.29. The Kier molecular flexibility index (Phi) is 6.69. The number of rotatable bonds is 5. The molecule has 4 rings (SSSR count). The molecular weight excluding hydrogens is 423 g/mol. The molecule has 158 valence electrons. The van der Waals surface area contributed by atoms with E-state index in [0.29, 0.717) is 28.7 Å². The van der Waals surface area contributed by atoms with Gasteiger partial charge in [0.2, 0.25) is 5.91 Å². The highest BCUT2D eigenvalue weighted by molar-refractivity contribution is 7.16. The lowest BCUT2D eigenvalue weighted by Crippen LogP contribution is -2.48. The lowest BCUT2D eigenvalue weighted by Gasteiger charge is -2.34. The fraction of sp³-hybridized carbons (Fsp3) is 0.455. The molecule has 0 spiro atoms. The van der Waals surface area contributed by atoms with E-state index >= 15 is 0 Å². The van der Waals surface area contributed by atoms with Crippen molar-refractivity contribution < 1.29 is 9.18 Å². The number of benzene rings is 1. The molecule has 30 heavy (non-hydrogen) atoms. The van der Waals surface area contributed by atoms with Crippen LogP contribution in [0.4, 0.5) is 9.39 Å². The summed E-state index contributed by atoms with van der Waals surface area (Å²) in [6.07, 6.45) is 4.20. The van der Waals surface area contributed by atoms with Gasteiger partial charge in [-0.3, -0.25) is 14.6 Å². The van der Waals surface area contributed by atoms with E-state index in [0.717, 1.165) is 63.0 Å². The van der Waals surface area contributed by atoms with Gasteiger partial charge in [-0.2, -0.15) is 5.26 Å². The van der Waals surface area contributed by atoms with Crippen LogP contribution < -0.4 is 5.32 Å². The quantitative estimate of drug-likeness (QED) is 0.752. The summed E-state index contributed by atoms with van der Waals surface area (Å²) < 4.78 is 13.2. The third-order valence-corrected chi connectivity index (χ3v) is 7.34. The van der Waals surface area contributed by atoms with Crippen molar-refractivity contribution >= 4 is 33.8 Å². The lowest BCUT2D eigenvalue weighted by molar-refractivity contribution is -0.117. The van der Waals surface area contributed by atoms with E-state index in [1.807, 2.05) is 0 Å². The van der Waals surface area contributed by atoms with Crippen LogP contribution in [0.2, 0.25) is 5.02 Å². The largest absolute Gasteiger partial charge is 0.315 e. The third-order valence-electron chi connectivity index (χ3n) is 5.78. The summed E-state index contributed by atoms with van der Waals surface area (Å²) in [5.41, 5.74) is 2.70. The Morgan fingerprint density at radius 2 is 1.93 bits per heavy atom. The van der Waals surface area contributed by atoms with E-state index < -0.39 is 0 Å². The first-order chi connectivity index (χ1) is 14.5. The van der Waals surface area contributed by atoms with Crippen LogP contribution in [0.1, 0.15) is 34.4 Å². The first kappa shape index (κ1) is 21.3. The Morgan fingerprint density at radius 3 is 2.67 bits per heavy atom. The van der Waals surface area contributed by atoms with Gasteiger partial charge < -0.3 is 5.32 Å². The highest BCUT2D eigenvalue weighted by Gasteiger charge is 2.24. The van der Waals surface area contributed by atoms with Gasteiger partial charge in [0.05, 0.1) is 12.1 Å². The standard InChI is InChI=1S/C22H24ClFN4OS/c23-19-11-16(24)6-5-15(19)13-27-7-9-28(10-8-27)14-21(29)26-22-18(12-25)17-3-1-2-4-20(17)30-22/h5-6,11H,1-4,7-10,13-14H2,(H,26,29). The van der Waals surface area contributed by atoms with Gasteiger partial charge in [0.15, 0.2) is 0 Å². The molecule has 1 aliphatic carbocycles. The minimum atomic E-state index is -0.328. The van der Waals surface area contributed by atoms with Crippen LogP contribution in [-0.2, 0) is 24.2 Å². The summed E-state index contributed by atoms with van der Waals surface area (Å²) >= 11 is 7.69. The number of nitriles is 1. The maximum atomic E-state index is 13.2. The predicted molar refractivity (Wildman–Crippen MR) is 117 cm³/mol. The number of carbonyl (C=O) groups excluding carboxylic acids is 1. The molecule has 0 bridgehead atoms. The van der Waals surface area contributed by atoms with Crippen LogP contribution in [0.15, 0.2) is 18.2 Å². The number of nitrogens with zero attached hydrogens (tertiary/aromatic N) is 3. The Bertz CT molecular complexity index is 978.